The highest BCUT2D eigenvalue weighted by Crippen LogP contribution is 2.31. The van der Waals surface area contributed by atoms with Crippen molar-refractivity contribution in [1.82, 2.24) is 10.3 Å². The normalized spacial score (nSPS) is 23.5. The van der Waals surface area contributed by atoms with E-state index >= 15 is 0 Å². The molecule has 2 heterocycles. The summed E-state index contributed by atoms with van der Waals surface area (Å²) >= 11 is 0. The van der Waals surface area contributed by atoms with E-state index in [1.165, 1.54) is 6.20 Å². The molecule has 0 amide bonds. The third-order valence-corrected chi connectivity index (χ3v) is 6.49. The van der Waals surface area contributed by atoms with Crippen LogP contribution in [-0.4, -0.2) is 48.8 Å². The van der Waals surface area contributed by atoms with Crippen molar-refractivity contribution in [3.8, 4) is 0 Å². The molecule has 1 aromatic heterocycles. The maximum Gasteiger partial charge on any atom is 0.416 e. The molecule has 1 aliphatic carbocycles. The van der Waals surface area contributed by atoms with Crippen molar-refractivity contribution < 1.29 is 27.1 Å². The molecule has 186 valence electrons. The summed E-state index contributed by atoms with van der Waals surface area (Å²) in [6.07, 6.45) is 3.17. The van der Waals surface area contributed by atoms with Crippen LogP contribution in [0.5, 0.6) is 0 Å². The average Bonchev–Trinajstić information content (AvgIpc) is 3.29. The zero-order valence-electron chi connectivity index (χ0n) is 19.2. The van der Waals surface area contributed by atoms with Crippen molar-refractivity contribution >= 4 is 17.7 Å². The van der Waals surface area contributed by atoms with Gasteiger partial charge < -0.3 is 24.7 Å². The van der Waals surface area contributed by atoms with Crippen molar-refractivity contribution in [3.05, 3.63) is 41.8 Å². The summed E-state index contributed by atoms with van der Waals surface area (Å²) in [5.74, 6) is -0.462. The second-order valence-electron chi connectivity index (χ2n) is 8.89. The monoisotopic (exact) mass is 480 g/mol. The van der Waals surface area contributed by atoms with Gasteiger partial charge in [0.1, 0.15) is 0 Å². The van der Waals surface area contributed by atoms with Gasteiger partial charge in [-0.3, -0.25) is 0 Å². The molecule has 0 radical (unpaired) electrons. The van der Waals surface area contributed by atoms with E-state index in [1.807, 2.05) is 0 Å². The Morgan fingerprint density at radius 3 is 2.59 bits per heavy atom. The van der Waals surface area contributed by atoms with Gasteiger partial charge in [0, 0.05) is 36.9 Å². The van der Waals surface area contributed by atoms with Crippen LogP contribution in [0.25, 0.3) is 0 Å². The number of hydrogen-bond donors (Lipinski definition) is 2. The summed E-state index contributed by atoms with van der Waals surface area (Å²) in [6.45, 7) is 3.56. The van der Waals surface area contributed by atoms with Gasteiger partial charge in [-0.1, -0.05) is 12.8 Å². The van der Waals surface area contributed by atoms with Crippen LogP contribution in [0.1, 0.15) is 61.6 Å². The standard InChI is InChI=1S/C24H31F3N4O3/c1-2-33-22(32)21-14-28-23(34-21)30-20-8-4-3-7-19(20)29-17-6-5-13-31(15-17)18-11-9-16(10-12-18)24(25,26)27/h9-12,14,17,19-20,29H,2-8,13,15H2,1H3,(H,28,30)/t17-,19+,20+/m0/s1. The molecule has 4 rings (SSSR count). The van der Waals surface area contributed by atoms with Crippen LogP contribution in [0, 0.1) is 0 Å². The number of nitrogens with zero attached hydrogens (tertiary/aromatic N) is 2. The smallest absolute Gasteiger partial charge is 0.416 e. The number of carbonyl (C=O) groups is 1. The number of benzene rings is 1. The van der Waals surface area contributed by atoms with Crippen LogP contribution >= 0.6 is 0 Å². The van der Waals surface area contributed by atoms with E-state index in [4.69, 9.17) is 9.15 Å². The molecule has 7 nitrogen and oxygen atoms in total. The molecular formula is C24H31F3N4O3. The zero-order valence-corrected chi connectivity index (χ0v) is 19.2. The van der Waals surface area contributed by atoms with Gasteiger partial charge in [0.15, 0.2) is 0 Å². The Morgan fingerprint density at radius 2 is 1.88 bits per heavy atom. The Labute approximate surface area is 197 Å². The molecule has 34 heavy (non-hydrogen) atoms. The number of oxazole rings is 1. The molecule has 0 bridgehead atoms. The third kappa shape index (κ3) is 6.02. The number of hydrogen-bond acceptors (Lipinski definition) is 7. The van der Waals surface area contributed by atoms with E-state index in [0.29, 0.717) is 6.01 Å². The van der Waals surface area contributed by atoms with E-state index in [-0.39, 0.29) is 30.5 Å². The van der Waals surface area contributed by atoms with Gasteiger partial charge in [-0.05, 0) is 56.9 Å². The number of halogens is 3. The predicted octanol–water partition coefficient (Wildman–Crippen LogP) is 4.85. The number of rotatable bonds is 7. The number of alkyl halides is 3. The van der Waals surface area contributed by atoms with Gasteiger partial charge in [-0.2, -0.15) is 13.2 Å². The summed E-state index contributed by atoms with van der Waals surface area (Å²) in [5.41, 5.74) is 0.181. The number of ether oxygens (including phenoxy) is 1. The minimum Gasteiger partial charge on any atom is -0.460 e. The first-order valence-electron chi connectivity index (χ1n) is 11.9. The second kappa shape index (κ2) is 10.7. The van der Waals surface area contributed by atoms with E-state index < -0.39 is 17.7 Å². The SMILES string of the molecule is CCOC(=O)c1cnc(N[C@@H]2CCCC[C@H]2N[C@H]2CCCN(c3ccc(C(F)(F)F)cc3)C2)o1. The van der Waals surface area contributed by atoms with Gasteiger partial charge in [0.2, 0.25) is 5.76 Å². The molecule has 1 aliphatic heterocycles. The summed E-state index contributed by atoms with van der Waals surface area (Å²) in [7, 11) is 0. The van der Waals surface area contributed by atoms with Crippen LogP contribution in [0.3, 0.4) is 0 Å². The van der Waals surface area contributed by atoms with E-state index in [9.17, 15) is 18.0 Å². The fourth-order valence-corrected chi connectivity index (χ4v) is 4.81. The Bertz CT molecular complexity index is 948. The largest absolute Gasteiger partial charge is 0.460 e. The minimum atomic E-state index is -4.33. The average molecular weight is 481 g/mol. The van der Waals surface area contributed by atoms with E-state index in [1.54, 1.807) is 19.1 Å². The first-order chi connectivity index (χ1) is 16.3. The minimum absolute atomic E-state index is 0.0733. The maximum atomic E-state index is 12.9. The lowest BCUT2D eigenvalue weighted by Gasteiger charge is -2.40. The van der Waals surface area contributed by atoms with E-state index in [0.717, 1.165) is 69.4 Å². The molecule has 2 N–H and O–H groups in total. The number of piperidine rings is 1. The number of esters is 1. The van der Waals surface area contributed by atoms with Gasteiger partial charge in [-0.15, -0.1) is 0 Å². The highest BCUT2D eigenvalue weighted by atomic mass is 19.4. The lowest BCUT2D eigenvalue weighted by molar-refractivity contribution is -0.137. The summed E-state index contributed by atoms with van der Waals surface area (Å²) in [5, 5.41) is 7.10. The molecule has 2 aromatic rings. The summed E-state index contributed by atoms with van der Waals surface area (Å²) < 4.78 is 49.2. The highest BCUT2D eigenvalue weighted by molar-refractivity contribution is 5.86. The molecule has 0 spiro atoms. The van der Waals surface area contributed by atoms with Gasteiger partial charge in [0.05, 0.1) is 18.4 Å². The summed E-state index contributed by atoms with van der Waals surface area (Å²) in [4.78, 5) is 18.2. The van der Waals surface area contributed by atoms with Gasteiger partial charge >= 0.3 is 12.1 Å². The Hall–Kier alpha value is -2.75. The van der Waals surface area contributed by atoms with E-state index in [2.05, 4.69) is 20.5 Å². The van der Waals surface area contributed by atoms with Gasteiger partial charge in [0.25, 0.3) is 6.01 Å². The molecule has 3 atom stereocenters. The molecule has 1 aromatic carbocycles. The Balaban J connectivity index is 1.36. The number of anilines is 2. The van der Waals surface area contributed by atoms with Gasteiger partial charge in [-0.25, -0.2) is 9.78 Å². The number of carbonyl (C=O) groups excluding carboxylic acids is 1. The molecule has 2 fully saturated rings. The van der Waals surface area contributed by atoms with Crippen LogP contribution < -0.4 is 15.5 Å². The lowest BCUT2D eigenvalue weighted by Crippen LogP contribution is -2.54. The van der Waals surface area contributed by atoms with Crippen molar-refractivity contribution in [1.29, 1.82) is 0 Å². The first-order valence-corrected chi connectivity index (χ1v) is 11.9. The molecule has 10 heteroatoms. The molecule has 1 saturated heterocycles. The number of nitrogens with one attached hydrogen (secondary N) is 2. The third-order valence-electron chi connectivity index (χ3n) is 6.49. The second-order valence-corrected chi connectivity index (χ2v) is 8.89. The molecule has 2 aliphatic rings. The van der Waals surface area contributed by atoms with Crippen molar-refractivity contribution in [3.63, 3.8) is 0 Å². The van der Waals surface area contributed by atoms with Crippen LogP contribution in [-0.2, 0) is 10.9 Å². The fraction of sp³-hybridized carbons (Fsp3) is 0.583. The fourth-order valence-electron chi connectivity index (χ4n) is 4.81. The molecular weight excluding hydrogens is 449 g/mol. The van der Waals surface area contributed by atoms with Crippen molar-refractivity contribution in [2.75, 3.05) is 29.9 Å². The molecule has 0 unspecified atom stereocenters. The van der Waals surface area contributed by atoms with Crippen LogP contribution in [0.4, 0.5) is 24.9 Å². The topological polar surface area (TPSA) is 79.6 Å². The van der Waals surface area contributed by atoms with Crippen molar-refractivity contribution in [2.24, 2.45) is 0 Å². The summed E-state index contributed by atoms with van der Waals surface area (Å²) in [6, 6.07) is 6.23. The Morgan fingerprint density at radius 1 is 1.15 bits per heavy atom. The van der Waals surface area contributed by atoms with Crippen LogP contribution in [0.15, 0.2) is 34.9 Å². The van der Waals surface area contributed by atoms with Crippen molar-refractivity contribution in [2.45, 2.75) is 69.8 Å². The first kappa shape index (κ1) is 24.4. The highest BCUT2D eigenvalue weighted by Gasteiger charge is 2.32. The predicted molar refractivity (Wildman–Crippen MR) is 122 cm³/mol. The Kier molecular flexibility index (Phi) is 7.65. The molecule has 1 saturated carbocycles. The lowest BCUT2D eigenvalue weighted by atomic mass is 9.89. The maximum absolute atomic E-state index is 12.9. The van der Waals surface area contributed by atoms with Crippen LogP contribution in [0.2, 0.25) is 0 Å². The number of aromatic nitrogens is 1. The zero-order chi connectivity index (χ0) is 24.1. The quantitative estimate of drug-likeness (QED) is 0.549.